The molecule has 0 saturated carbocycles. The van der Waals surface area contributed by atoms with Gasteiger partial charge in [-0.05, 0) is 20.8 Å². The molecule has 0 bridgehead atoms. The van der Waals surface area contributed by atoms with Crippen LogP contribution < -0.4 is 0 Å². The third-order valence-electron chi connectivity index (χ3n) is 2.88. The van der Waals surface area contributed by atoms with E-state index >= 15 is 0 Å². The van der Waals surface area contributed by atoms with E-state index in [1.54, 1.807) is 11.6 Å². The maximum absolute atomic E-state index is 11.1. The van der Waals surface area contributed by atoms with Gasteiger partial charge in [0.2, 0.25) is 0 Å². The number of aromatic nitrogens is 2. The normalized spacial score (nSPS) is 15.0. The van der Waals surface area contributed by atoms with E-state index < -0.39 is 0 Å². The standard InChI is InChI=1S/C11H18BrN3O2/c1-6(2)14-10(7(3)8(4)12)11(15(16)17)9(5)13-14/h6-8H,1-5H3. The molecule has 1 heterocycles. The summed E-state index contributed by atoms with van der Waals surface area (Å²) >= 11 is 3.49. The Balaban J connectivity index is 3.45. The zero-order valence-electron chi connectivity index (χ0n) is 10.8. The third kappa shape index (κ3) is 2.68. The van der Waals surface area contributed by atoms with Crippen LogP contribution in [0.3, 0.4) is 0 Å². The molecule has 2 atom stereocenters. The fourth-order valence-electron chi connectivity index (χ4n) is 1.82. The average Bonchev–Trinajstić information content (AvgIpc) is 2.54. The molecule has 0 aliphatic heterocycles. The molecule has 6 heteroatoms. The number of rotatable bonds is 4. The minimum absolute atomic E-state index is 0.0407. The lowest BCUT2D eigenvalue weighted by molar-refractivity contribution is -0.386. The van der Waals surface area contributed by atoms with E-state index in [1.165, 1.54) is 0 Å². The molecule has 0 spiro atoms. The highest BCUT2D eigenvalue weighted by atomic mass is 79.9. The third-order valence-corrected chi connectivity index (χ3v) is 3.67. The van der Waals surface area contributed by atoms with Crippen molar-refractivity contribution in [3.05, 3.63) is 21.5 Å². The molecule has 0 amide bonds. The van der Waals surface area contributed by atoms with Gasteiger partial charge in [0.05, 0.1) is 4.92 Å². The summed E-state index contributed by atoms with van der Waals surface area (Å²) in [6.07, 6.45) is 0. The molecule has 0 aliphatic carbocycles. The summed E-state index contributed by atoms with van der Waals surface area (Å²) in [6, 6.07) is 0.117. The van der Waals surface area contributed by atoms with Crippen LogP contribution in [0.1, 0.15) is 51.0 Å². The molecule has 0 fully saturated rings. The summed E-state index contributed by atoms with van der Waals surface area (Å²) in [5.41, 5.74) is 1.34. The van der Waals surface area contributed by atoms with Crippen LogP contribution in [0, 0.1) is 17.0 Å². The lowest BCUT2D eigenvalue weighted by Crippen LogP contribution is -2.15. The molecule has 5 nitrogen and oxygen atoms in total. The number of nitro groups is 1. The van der Waals surface area contributed by atoms with Gasteiger partial charge in [-0.15, -0.1) is 0 Å². The van der Waals surface area contributed by atoms with Crippen molar-refractivity contribution < 1.29 is 4.92 Å². The van der Waals surface area contributed by atoms with Crippen LogP contribution in [0.5, 0.6) is 0 Å². The zero-order chi connectivity index (χ0) is 13.3. The minimum Gasteiger partial charge on any atom is -0.259 e. The number of alkyl halides is 1. The smallest absolute Gasteiger partial charge is 0.259 e. The van der Waals surface area contributed by atoms with E-state index in [0.29, 0.717) is 11.4 Å². The molecule has 2 unspecified atom stereocenters. The number of hydrogen-bond acceptors (Lipinski definition) is 3. The Labute approximate surface area is 109 Å². The quantitative estimate of drug-likeness (QED) is 0.485. The van der Waals surface area contributed by atoms with E-state index in [-0.39, 0.29) is 27.4 Å². The van der Waals surface area contributed by atoms with E-state index in [1.807, 2.05) is 27.7 Å². The summed E-state index contributed by atoms with van der Waals surface area (Å²) in [5, 5.41) is 15.4. The predicted molar refractivity (Wildman–Crippen MR) is 70.8 cm³/mol. The van der Waals surface area contributed by atoms with Crippen LogP contribution in [0.4, 0.5) is 5.69 Å². The van der Waals surface area contributed by atoms with Gasteiger partial charge in [0.1, 0.15) is 11.4 Å². The summed E-state index contributed by atoms with van der Waals surface area (Å²) in [6.45, 7) is 9.60. The van der Waals surface area contributed by atoms with Crippen molar-refractivity contribution in [1.29, 1.82) is 0 Å². The summed E-state index contributed by atoms with van der Waals surface area (Å²) in [5.74, 6) is 0.0407. The molecule has 96 valence electrons. The van der Waals surface area contributed by atoms with Crippen LogP contribution in [-0.2, 0) is 0 Å². The Bertz CT molecular complexity index is 427. The van der Waals surface area contributed by atoms with Crippen molar-refractivity contribution in [3.63, 3.8) is 0 Å². The van der Waals surface area contributed by atoms with Gasteiger partial charge in [0.15, 0.2) is 0 Å². The predicted octanol–water partition coefficient (Wildman–Crippen LogP) is 3.57. The van der Waals surface area contributed by atoms with Gasteiger partial charge in [-0.2, -0.15) is 5.10 Å². The molecular weight excluding hydrogens is 286 g/mol. The van der Waals surface area contributed by atoms with Gasteiger partial charge in [-0.1, -0.05) is 29.8 Å². The Kier molecular flexibility index (Phi) is 4.30. The van der Waals surface area contributed by atoms with Gasteiger partial charge in [-0.25, -0.2) is 0 Å². The van der Waals surface area contributed by atoms with Crippen molar-refractivity contribution in [3.8, 4) is 0 Å². The van der Waals surface area contributed by atoms with Gasteiger partial charge in [-0.3, -0.25) is 14.8 Å². The summed E-state index contributed by atoms with van der Waals surface area (Å²) in [4.78, 5) is 11.0. The Morgan fingerprint density at radius 1 is 1.35 bits per heavy atom. The van der Waals surface area contributed by atoms with Crippen LogP contribution in [0.2, 0.25) is 0 Å². The number of hydrogen-bond donors (Lipinski definition) is 0. The Morgan fingerprint density at radius 3 is 2.24 bits per heavy atom. The zero-order valence-corrected chi connectivity index (χ0v) is 12.4. The van der Waals surface area contributed by atoms with E-state index in [9.17, 15) is 10.1 Å². The molecule has 0 aliphatic rings. The monoisotopic (exact) mass is 303 g/mol. The fourth-order valence-corrected chi connectivity index (χ4v) is 2.07. The highest BCUT2D eigenvalue weighted by molar-refractivity contribution is 9.09. The minimum atomic E-state index is -0.331. The molecule has 1 rings (SSSR count). The first-order valence-corrected chi connectivity index (χ1v) is 6.56. The van der Waals surface area contributed by atoms with E-state index in [0.717, 1.165) is 0 Å². The van der Waals surface area contributed by atoms with Crippen LogP contribution >= 0.6 is 15.9 Å². The van der Waals surface area contributed by atoms with Crippen molar-refractivity contribution in [2.24, 2.45) is 0 Å². The van der Waals surface area contributed by atoms with E-state index in [2.05, 4.69) is 21.0 Å². The number of halogens is 1. The fraction of sp³-hybridized carbons (Fsp3) is 0.727. The first-order chi connectivity index (χ1) is 7.77. The maximum Gasteiger partial charge on any atom is 0.313 e. The van der Waals surface area contributed by atoms with Crippen molar-refractivity contribution >= 4 is 21.6 Å². The van der Waals surface area contributed by atoms with Crippen molar-refractivity contribution in [2.45, 2.75) is 51.4 Å². The van der Waals surface area contributed by atoms with Crippen molar-refractivity contribution in [2.75, 3.05) is 0 Å². The SMILES string of the molecule is Cc1nn(C(C)C)c(C(C)C(C)Br)c1[N+](=O)[O-]. The second-order valence-corrected chi connectivity index (χ2v) is 6.03. The van der Waals surface area contributed by atoms with E-state index in [4.69, 9.17) is 0 Å². The van der Waals surface area contributed by atoms with Gasteiger partial charge in [0.25, 0.3) is 0 Å². The second-order valence-electron chi connectivity index (χ2n) is 4.58. The lowest BCUT2D eigenvalue weighted by Gasteiger charge is -2.17. The Morgan fingerprint density at radius 2 is 1.88 bits per heavy atom. The number of aryl methyl sites for hydroxylation is 1. The topological polar surface area (TPSA) is 61.0 Å². The molecular formula is C11H18BrN3O2. The highest BCUT2D eigenvalue weighted by Crippen LogP contribution is 2.35. The van der Waals surface area contributed by atoms with Gasteiger partial charge >= 0.3 is 5.69 Å². The second kappa shape index (κ2) is 5.16. The largest absolute Gasteiger partial charge is 0.313 e. The van der Waals surface area contributed by atoms with Crippen molar-refractivity contribution in [1.82, 2.24) is 9.78 Å². The molecule has 0 N–H and O–H groups in total. The Hall–Kier alpha value is -0.910. The first-order valence-electron chi connectivity index (χ1n) is 5.64. The molecule has 1 aromatic heterocycles. The van der Waals surface area contributed by atoms with Crippen LogP contribution in [0.25, 0.3) is 0 Å². The van der Waals surface area contributed by atoms with Gasteiger partial charge in [0, 0.05) is 16.8 Å². The summed E-state index contributed by atoms with van der Waals surface area (Å²) < 4.78 is 1.76. The molecule has 0 radical (unpaired) electrons. The lowest BCUT2D eigenvalue weighted by atomic mass is 10.0. The molecule has 0 saturated heterocycles. The molecule has 1 aromatic rings. The van der Waals surface area contributed by atoms with Crippen LogP contribution in [0.15, 0.2) is 0 Å². The summed E-state index contributed by atoms with van der Waals surface area (Å²) in [7, 11) is 0. The highest BCUT2D eigenvalue weighted by Gasteiger charge is 2.31. The average molecular weight is 304 g/mol. The van der Waals surface area contributed by atoms with Crippen LogP contribution in [-0.4, -0.2) is 19.5 Å². The first kappa shape index (κ1) is 14.2. The number of nitrogens with zero attached hydrogens (tertiary/aromatic N) is 3. The molecule has 0 aromatic carbocycles. The maximum atomic E-state index is 11.1. The molecule has 17 heavy (non-hydrogen) atoms. The van der Waals surface area contributed by atoms with Gasteiger partial charge < -0.3 is 0 Å².